The largest absolute Gasteiger partial charge is 0.0843 e. The second-order valence-electron chi connectivity index (χ2n) is 6.08. The van der Waals surface area contributed by atoms with Crippen LogP contribution in [-0.4, -0.2) is 0 Å². The van der Waals surface area contributed by atoms with Crippen molar-refractivity contribution < 1.29 is 0 Å². The lowest BCUT2D eigenvalue weighted by atomic mass is 9.78. The van der Waals surface area contributed by atoms with E-state index in [2.05, 4.69) is 80.6 Å². The lowest BCUT2D eigenvalue weighted by Crippen LogP contribution is -2.18. The van der Waals surface area contributed by atoms with Gasteiger partial charge in [-0.2, -0.15) is 0 Å². The maximum absolute atomic E-state index is 5.95. The fourth-order valence-corrected chi connectivity index (χ4v) is 2.87. The normalized spacial score (nSPS) is 11.4. The van der Waals surface area contributed by atoms with Crippen molar-refractivity contribution in [2.45, 2.75) is 19.3 Å². The highest BCUT2D eigenvalue weighted by molar-refractivity contribution is 6.30. The van der Waals surface area contributed by atoms with E-state index < -0.39 is 0 Å². The predicted molar refractivity (Wildman–Crippen MR) is 95.5 cm³/mol. The third kappa shape index (κ3) is 2.93. The summed E-state index contributed by atoms with van der Waals surface area (Å²) in [5.41, 5.74) is 5.04. The molecule has 3 aromatic carbocycles. The summed E-state index contributed by atoms with van der Waals surface area (Å²) in [6.45, 7) is 4.53. The van der Waals surface area contributed by atoms with Gasteiger partial charge in [0.2, 0.25) is 0 Å². The Morgan fingerprint density at radius 1 is 0.591 bits per heavy atom. The van der Waals surface area contributed by atoms with Gasteiger partial charge in [0.15, 0.2) is 0 Å². The van der Waals surface area contributed by atoms with E-state index >= 15 is 0 Å². The molecule has 0 bridgehead atoms. The van der Waals surface area contributed by atoms with Gasteiger partial charge in [0, 0.05) is 10.4 Å². The van der Waals surface area contributed by atoms with Crippen molar-refractivity contribution in [3.8, 4) is 11.1 Å². The average molecular weight is 307 g/mol. The second-order valence-corrected chi connectivity index (χ2v) is 6.51. The van der Waals surface area contributed by atoms with Crippen LogP contribution in [-0.2, 0) is 5.41 Å². The van der Waals surface area contributed by atoms with E-state index in [4.69, 9.17) is 11.6 Å². The molecule has 0 amide bonds. The van der Waals surface area contributed by atoms with Gasteiger partial charge in [0.05, 0.1) is 0 Å². The molecule has 0 heterocycles. The van der Waals surface area contributed by atoms with E-state index in [1.807, 2.05) is 12.1 Å². The first-order chi connectivity index (χ1) is 10.6. The Bertz CT molecular complexity index is 738. The lowest BCUT2D eigenvalue weighted by molar-refractivity contribution is 0.641. The Balaban J connectivity index is 1.93. The van der Waals surface area contributed by atoms with Gasteiger partial charge in [-0.15, -0.1) is 0 Å². The molecule has 0 aliphatic rings. The van der Waals surface area contributed by atoms with Crippen LogP contribution >= 0.6 is 11.6 Å². The van der Waals surface area contributed by atoms with Crippen molar-refractivity contribution in [3.63, 3.8) is 0 Å². The van der Waals surface area contributed by atoms with Crippen LogP contribution < -0.4 is 0 Å². The van der Waals surface area contributed by atoms with Gasteiger partial charge in [-0.05, 0) is 34.4 Å². The molecule has 0 nitrogen and oxygen atoms in total. The highest BCUT2D eigenvalue weighted by Gasteiger charge is 2.22. The number of halogens is 1. The summed E-state index contributed by atoms with van der Waals surface area (Å²) in [6, 6.07) is 27.4. The van der Waals surface area contributed by atoms with Crippen molar-refractivity contribution in [2.24, 2.45) is 0 Å². The van der Waals surface area contributed by atoms with Crippen LogP contribution in [0.2, 0.25) is 5.02 Å². The van der Waals surface area contributed by atoms with Crippen LogP contribution in [0.3, 0.4) is 0 Å². The SMILES string of the molecule is CC(C)(c1ccccc1)c1ccc(-c2ccc(Cl)cc2)cc1. The standard InChI is InChI=1S/C21H19Cl/c1-21(2,18-6-4-3-5-7-18)19-12-8-16(9-13-19)17-10-14-20(22)15-11-17/h3-15H,1-2H3. The first-order valence-corrected chi connectivity index (χ1v) is 7.87. The van der Waals surface area contributed by atoms with Gasteiger partial charge in [0.25, 0.3) is 0 Å². The first kappa shape index (κ1) is 14.9. The van der Waals surface area contributed by atoms with E-state index in [1.54, 1.807) is 0 Å². The molecule has 0 aliphatic heterocycles. The maximum atomic E-state index is 5.95. The van der Waals surface area contributed by atoms with Crippen LogP contribution in [0, 0.1) is 0 Å². The molecular formula is C21H19Cl. The second kappa shape index (κ2) is 5.98. The van der Waals surface area contributed by atoms with Gasteiger partial charge in [-0.1, -0.05) is 92.2 Å². The van der Waals surface area contributed by atoms with Crippen LogP contribution in [0.4, 0.5) is 0 Å². The Hall–Kier alpha value is -2.05. The van der Waals surface area contributed by atoms with Crippen LogP contribution in [0.25, 0.3) is 11.1 Å². The maximum Gasteiger partial charge on any atom is 0.0406 e. The molecule has 0 atom stereocenters. The summed E-state index contributed by atoms with van der Waals surface area (Å²) in [6.07, 6.45) is 0. The summed E-state index contributed by atoms with van der Waals surface area (Å²) in [4.78, 5) is 0. The Morgan fingerprint density at radius 2 is 1.05 bits per heavy atom. The Morgan fingerprint density at radius 3 is 1.59 bits per heavy atom. The van der Waals surface area contributed by atoms with Gasteiger partial charge < -0.3 is 0 Å². The third-order valence-electron chi connectivity index (χ3n) is 4.28. The van der Waals surface area contributed by atoms with E-state index in [0.29, 0.717) is 0 Å². The topological polar surface area (TPSA) is 0 Å². The van der Waals surface area contributed by atoms with Crippen molar-refractivity contribution in [1.29, 1.82) is 0 Å². The average Bonchev–Trinajstić information content (AvgIpc) is 2.56. The summed E-state index contributed by atoms with van der Waals surface area (Å²) in [5.74, 6) is 0. The minimum absolute atomic E-state index is 0.000212. The van der Waals surface area contributed by atoms with Gasteiger partial charge in [-0.25, -0.2) is 0 Å². The molecule has 0 saturated carbocycles. The first-order valence-electron chi connectivity index (χ1n) is 7.49. The van der Waals surface area contributed by atoms with Gasteiger partial charge >= 0.3 is 0 Å². The zero-order chi connectivity index (χ0) is 15.6. The van der Waals surface area contributed by atoms with E-state index in [9.17, 15) is 0 Å². The summed E-state index contributed by atoms with van der Waals surface area (Å²) >= 11 is 5.95. The third-order valence-corrected chi connectivity index (χ3v) is 4.53. The highest BCUT2D eigenvalue weighted by atomic mass is 35.5. The molecule has 0 saturated heterocycles. The molecule has 3 rings (SSSR count). The Kier molecular flexibility index (Phi) is 4.04. The number of hydrogen-bond donors (Lipinski definition) is 0. The molecule has 0 N–H and O–H groups in total. The quantitative estimate of drug-likeness (QED) is 0.530. The van der Waals surface area contributed by atoms with E-state index in [1.165, 1.54) is 22.3 Å². The van der Waals surface area contributed by atoms with Crippen molar-refractivity contribution in [1.82, 2.24) is 0 Å². The molecule has 0 aliphatic carbocycles. The fraction of sp³-hybridized carbons (Fsp3) is 0.143. The summed E-state index contributed by atoms with van der Waals surface area (Å²) < 4.78 is 0. The molecule has 1 heteroatoms. The van der Waals surface area contributed by atoms with Crippen molar-refractivity contribution in [3.05, 3.63) is 95.0 Å². The number of benzene rings is 3. The van der Waals surface area contributed by atoms with Crippen LogP contribution in [0.5, 0.6) is 0 Å². The smallest absolute Gasteiger partial charge is 0.0406 e. The molecular weight excluding hydrogens is 288 g/mol. The lowest BCUT2D eigenvalue weighted by Gasteiger charge is -2.26. The molecule has 0 unspecified atom stereocenters. The molecule has 0 radical (unpaired) electrons. The van der Waals surface area contributed by atoms with Crippen molar-refractivity contribution in [2.75, 3.05) is 0 Å². The summed E-state index contributed by atoms with van der Waals surface area (Å²) in [7, 11) is 0. The van der Waals surface area contributed by atoms with E-state index in [0.717, 1.165) is 5.02 Å². The minimum Gasteiger partial charge on any atom is -0.0843 e. The number of rotatable bonds is 3. The van der Waals surface area contributed by atoms with Gasteiger partial charge in [0.1, 0.15) is 0 Å². The zero-order valence-electron chi connectivity index (χ0n) is 12.9. The molecule has 0 aromatic heterocycles. The van der Waals surface area contributed by atoms with E-state index in [-0.39, 0.29) is 5.41 Å². The summed E-state index contributed by atoms with van der Waals surface area (Å²) in [5, 5.41) is 0.769. The van der Waals surface area contributed by atoms with Gasteiger partial charge in [-0.3, -0.25) is 0 Å². The Labute approximate surface area is 137 Å². The molecule has 0 spiro atoms. The van der Waals surface area contributed by atoms with Crippen molar-refractivity contribution >= 4 is 11.6 Å². The number of hydrogen-bond acceptors (Lipinski definition) is 0. The molecule has 3 aromatic rings. The zero-order valence-corrected chi connectivity index (χ0v) is 13.6. The predicted octanol–water partition coefficient (Wildman–Crippen LogP) is 6.33. The molecule has 22 heavy (non-hydrogen) atoms. The molecule has 0 fully saturated rings. The monoisotopic (exact) mass is 306 g/mol. The van der Waals surface area contributed by atoms with Crippen LogP contribution in [0.1, 0.15) is 25.0 Å². The minimum atomic E-state index is -0.000212. The molecule has 110 valence electrons. The van der Waals surface area contributed by atoms with Crippen LogP contribution in [0.15, 0.2) is 78.9 Å². The fourth-order valence-electron chi connectivity index (χ4n) is 2.74. The highest BCUT2D eigenvalue weighted by Crippen LogP contribution is 2.32.